The summed E-state index contributed by atoms with van der Waals surface area (Å²) in [4.78, 5) is 0.556. The fraction of sp³-hybridized carbons (Fsp3) is 0.500. The van der Waals surface area contributed by atoms with Crippen molar-refractivity contribution in [2.45, 2.75) is 43.4 Å². The molecule has 1 aromatic rings. The molecule has 1 atom stereocenters. The summed E-state index contributed by atoms with van der Waals surface area (Å²) in [6.45, 7) is 7.73. The lowest BCUT2D eigenvalue weighted by Gasteiger charge is -2.21. The molecule has 0 saturated carbocycles. The largest absolute Gasteiger partial charge is 0.389 e. The minimum atomic E-state index is -0.634. The molecule has 84 valence electrons. The van der Waals surface area contributed by atoms with Crippen LogP contribution in [0.5, 0.6) is 0 Å². The zero-order valence-electron chi connectivity index (χ0n) is 9.54. The van der Waals surface area contributed by atoms with Gasteiger partial charge < -0.3 is 5.11 Å². The van der Waals surface area contributed by atoms with Crippen LogP contribution in [0, 0.1) is 5.82 Å². The van der Waals surface area contributed by atoms with Gasteiger partial charge >= 0.3 is 0 Å². The molecule has 15 heavy (non-hydrogen) atoms. The smallest absolute Gasteiger partial charge is 0.137 e. The molecule has 0 aliphatic heterocycles. The van der Waals surface area contributed by atoms with Gasteiger partial charge in [-0.2, -0.15) is 0 Å². The third kappa shape index (κ3) is 3.50. The van der Waals surface area contributed by atoms with E-state index in [0.29, 0.717) is 10.5 Å². The van der Waals surface area contributed by atoms with Gasteiger partial charge in [-0.25, -0.2) is 4.39 Å². The molecule has 1 nitrogen and oxygen atoms in total. The lowest BCUT2D eigenvalue weighted by atomic mass is 10.1. The Morgan fingerprint density at radius 1 is 1.33 bits per heavy atom. The van der Waals surface area contributed by atoms with E-state index in [0.717, 1.165) is 0 Å². The molecule has 3 heteroatoms. The van der Waals surface area contributed by atoms with Gasteiger partial charge in [0.15, 0.2) is 0 Å². The van der Waals surface area contributed by atoms with E-state index in [9.17, 15) is 9.50 Å². The number of aliphatic hydroxyl groups is 1. The zero-order valence-corrected chi connectivity index (χ0v) is 10.4. The molecule has 1 N–H and O–H groups in total. The molecule has 0 spiro atoms. The topological polar surface area (TPSA) is 20.2 Å². The van der Waals surface area contributed by atoms with Gasteiger partial charge in [-0.3, -0.25) is 0 Å². The first-order valence-electron chi connectivity index (χ1n) is 4.97. The predicted molar refractivity (Wildman–Crippen MR) is 62.6 cm³/mol. The van der Waals surface area contributed by atoms with Crippen molar-refractivity contribution in [3.05, 3.63) is 29.6 Å². The standard InChI is InChI=1S/C12H17FOS/c1-8(14)9-6-5-7-10(13)11(9)15-12(2,3)4/h5-8,14H,1-4H3/t8-/m0/s1. The first-order chi connectivity index (χ1) is 6.81. The lowest BCUT2D eigenvalue weighted by molar-refractivity contribution is 0.195. The Morgan fingerprint density at radius 2 is 1.93 bits per heavy atom. The van der Waals surface area contributed by atoms with Gasteiger partial charge in [0.05, 0.1) is 6.10 Å². The van der Waals surface area contributed by atoms with E-state index < -0.39 is 6.10 Å². The normalized spacial score (nSPS) is 14.0. The fourth-order valence-corrected chi connectivity index (χ4v) is 2.40. The van der Waals surface area contributed by atoms with Crippen LogP contribution in [0.25, 0.3) is 0 Å². The summed E-state index contributed by atoms with van der Waals surface area (Å²) in [6.07, 6.45) is -0.634. The van der Waals surface area contributed by atoms with Crippen molar-refractivity contribution in [1.29, 1.82) is 0 Å². The van der Waals surface area contributed by atoms with Crippen molar-refractivity contribution in [3.8, 4) is 0 Å². The fourth-order valence-electron chi connectivity index (χ4n) is 1.27. The predicted octanol–water partition coefficient (Wildman–Crippen LogP) is 3.77. The molecular formula is C12H17FOS. The minimum absolute atomic E-state index is 0.0637. The molecule has 0 radical (unpaired) electrons. The molecule has 0 aliphatic carbocycles. The Labute approximate surface area is 94.7 Å². The molecule has 1 aromatic carbocycles. The van der Waals surface area contributed by atoms with Gasteiger partial charge in [0.2, 0.25) is 0 Å². The van der Waals surface area contributed by atoms with E-state index in [1.807, 2.05) is 20.8 Å². The summed E-state index contributed by atoms with van der Waals surface area (Å²) in [5, 5.41) is 9.55. The Morgan fingerprint density at radius 3 is 2.40 bits per heavy atom. The van der Waals surface area contributed by atoms with E-state index in [1.54, 1.807) is 19.1 Å². The number of hydrogen-bond donors (Lipinski definition) is 1. The highest BCUT2D eigenvalue weighted by Gasteiger charge is 2.19. The highest BCUT2D eigenvalue weighted by molar-refractivity contribution is 8.00. The second-order valence-electron chi connectivity index (χ2n) is 4.55. The summed E-state index contributed by atoms with van der Waals surface area (Å²) >= 11 is 1.45. The average molecular weight is 228 g/mol. The Kier molecular flexibility index (Phi) is 3.79. The van der Waals surface area contributed by atoms with Crippen LogP contribution in [-0.2, 0) is 0 Å². The maximum absolute atomic E-state index is 13.6. The summed E-state index contributed by atoms with van der Waals surface area (Å²) in [7, 11) is 0. The van der Waals surface area contributed by atoms with Crippen molar-refractivity contribution in [2.24, 2.45) is 0 Å². The molecule has 0 aromatic heterocycles. The van der Waals surface area contributed by atoms with Gasteiger partial charge in [0, 0.05) is 9.64 Å². The lowest BCUT2D eigenvalue weighted by Crippen LogP contribution is -2.09. The molecule has 0 amide bonds. The van der Waals surface area contributed by atoms with E-state index in [2.05, 4.69) is 0 Å². The highest BCUT2D eigenvalue weighted by Crippen LogP contribution is 2.37. The molecule has 0 unspecified atom stereocenters. The van der Waals surface area contributed by atoms with Crippen LogP contribution in [0.1, 0.15) is 39.4 Å². The number of halogens is 1. The first kappa shape index (κ1) is 12.5. The second kappa shape index (κ2) is 4.54. The molecule has 0 heterocycles. The molecule has 0 aliphatic rings. The van der Waals surface area contributed by atoms with Crippen LogP contribution in [0.15, 0.2) is 23.1 Å². The van der Waals surface area contributed by atoms with Gasteiger partial charge in [0.25, 0.3) is 0 Å². The monoisotopic (exact) mass is 228 g/mol. The van der Waals surface area contributed by atoms with Gasteiger partial charge in [-0.15, -0.1) is 11.8 Å². The third-order valence-electron chi connectivity index (χ3n) is 1.86. The number of benzene rings is 1. The number of hydrogen-bond acceptors (Lipinski definition) is 2. The third-order valence-corrected chi connectivity index (χ3v) is 3.10. The number of thioether (sulfide) groups is 1. The van der Waals surface area contributed by atoms with Gasteiger partial charge in [-0.1, -0.05) is 32.9 Å². The molecule has 0 fully saturated rings. The maximum atomic E-state index is 13.6. The van der Waals surface area contributed by atoms with E-state index >= 15 is 0 Å². The van der Waals surface area contributed by atoms with E-state index in [-0.39, 0.29) is 10.6 Å². The Balaban J connectivity index is 3.14. The Hall–Kier alpha value is -0.540. The number of rotatable bonds is 2. The van der Waals surface area contributed by atoms with Crippen LogP contribution in [0.2, 0.25) is 0 Å². The van der Waals surface area contributed by atoms with E-state index in [1.165, 1.54) is 17.8 Å². The van der Waals surface area contributed by atoms with Gasteiger partial charge in [0.1, 0.15) is 5.82 Å². The average Bonchev–Trinajstić information content (AvgIpc) is 2.05. The first-order valence-corrected chi connectivity index (χ1v) is 5.78. The summed E-state index contributed by atoms with van der Waals surface area (Å²) < 4.78 is 13.5. The van der Waals surface area contributed by atoms with E-state index in [4.69, 9.17) is 0 Å². The van der Waals surface area contributed by atoms with Crippen molar-refractivity contribution in [2.75, 3.05) is 0 Å². The number of aliphatic hydroxyl groups excluding tert-OH is 1. The van der Waals surface area contributed by atoms with Crippen molar-refractivity contribution in [3.63, 3.8) is 0 Å². The highest BCUT2D eigenvalue weighted by atomic mass is 32.2. The molecule has 0 bridgehead atoms. The summed E-state index contributed by atoms with van der Waals surface area (Å²) in [5.41, 5.74) is 0.662. The second-order valence-corrected chi connectivity index (χ2v) is 6.39. The van der Waals surface area contributed by atoms with Crippen LogP contribution < -0.4 is 0 Å². The van der Waals surface area contributed by atoms with Crippen LogP contribution in [0.4, 0.5) is 4.39 Å². The van der Waals surface area contributed by atoms with Crippen LogP contribution in [0.3, 0.4) is 0 Å². The molecular weight excluding hydrogens is 211 g/mol. The Bertz CT molecular complexity index is 342. The van der Waals surface area contributed by atoms with Crippen molar-refractivity contribution in [1.82, 2.24) is 0 Å². The van der Waals surface area contributed by atoms with Crippen LogP contribution >= 0.6 is 11.8 Å². The van der Waals surface area contributed by atoms with Crippen molar-refractivity contribution < 1.29 is 9.50 Å². The SMILES string of the molecule is C[C@H](O)c1cccc(F)c1SC(C)(C)C. The summed E-state index contributed by atoms with van der Waals surface area (Å²) in [5.74, 6) is -0.256. The quantitative estimate of drug-likeness (QED) is 0.777. The minimum Gasteiger partial charge on any atom is -0.389 e. The van der Waals surface area contributed by atoms with Crippen molar-refractivity contribution >= 4 is 11.8 Å². The maximum Gasteiger partial charge on any atom is 0.137 e. The van der Waals surface area contributed by atoms with Crippen LogP contribution in [-0.4, -0.2) is 9.85 Å². The summed E-state index contributed by atoms with van der Waals surface area (Å²) in [6, 6.07) is 4.83. The molecule has 0 saturated heterocycles. The van der Waals surface area contributed by atoms with Gasteiger partial charge in [-0.05, 0) is 18.6 Å². The molecule has 1 rings (SSSR count). The zero-order chi connectivity index (χ0) is 11.6.